The van der Waals surface area contributed by atoms with E-state index in [-0.39, 0.29) is 17.7 Å². The summed E-state index contributed by atoms with van der Waals surface area (Å²) in [6, 6.07) is 9.53. The number of nitrogens with two attached hydrogens (primary N) is 1. The number of oxime groups is 1. The van der Waals surface area contributed by atoms with Crippen LogP contribution in [0.5, 0.6) is 0 Å². The molecule has 0 saturated carbocycles. The average molecular weight is 235 g/mol. The number of hydrogen-bond donors (Lipinski definition) is 3. The minimum Gasteiger partial charge on any atom is -0.409 e. The van der Waals surface area contributed by atoms with E-state index in [1.807, 2.05) is 37.3 Å². The molecule has 5 heteroatoms. The molecule has 0 heterocycles. The smallest absolute Gasteiger partial charge is 0.227 e. The van der Waals surface area contributed by atoms with E-state index in [1.165, 1.54) is 0 Å². The van der Waals surface area contributed by atoms with Gasteiger partial charge in [-0.2, -0.15) is 0 Å². The lowest BCUT2D eigenvalue weighted by Gasteiger charge is -2.12. The highest BCUT2D eigenvalue weighted by Gasteiger charge is 2.13. The second-order valence-corrected chi connectivity index (χ2v) is 3.76. The first-order chi connectivity index (χ1) is 8.15. The van der Waals surface area contributed by atoms with Gasteiger partial charge in [-0.05, 0) is 12.5 Å². The molecule has 0 aliphatic carbocycles. The van der Waals surface area contributed by atoms with E-state index in [0.29, 0.717) is 13.0 Å². The van der Waals surface area contributed by atoms with Gasteiger partial charge < -0.3 is 16.3 Å². The van der Waals surface area contributed by atoms with Crippen molar-refractivity contribution in [2.75, 3.05) is 6.54 Å². The van der Waals surface area contributed by atoms with E-state index in [4.69, 9.17) is 10.9 Å². The van der Waals surface area contributed by atoms with E-state index < -0.39 is 0 Å². The maximum Gasteiger partial charge on any atom is 0.227 e. The molecule has 0 aliphatic rings. The minimum absolute atomic E-state index is 0.0676. The molecule has 0 aliphatic heterocycles. The number of amides is 1. The van der Waals surface area contributed by atoms with E-state index >= 15 is 0 Å². The second kappa shape index (κ2) is 6.52. The standard InChI is InChI=1S/C12H17N3O2/c1-9(10-5-3-2-4-6-10)12(16)14-8-7-11(13)15-17/h2-6,9,17H,7-8H2,1H3,(H2,13,15)(H,14,16). The van der Waals surface area contributed by atoms with Crippen LogP contribution in [0.2, 0.25) is 0 Å². The first-order valence-electron chi connectivity index (χ1n) is 5.44. The lowest BCUT2D eigenvalue weighted by atomic mass is 10.0. The highest BCUT2D eigenvalue weighted by atomic mass is 16.4. The molecule has 0 spiro atoms. The number of rotatable bonds is 5. The van der Waals surface area contributed by atoms with Crippen molar-refractivity contribution in [3.8, 4) is 0 Å². The largest absolute Gasteiger partial charge is 0.409 e. The van der Waals surface area contributed by atoms with Crippen molar-refractivity contribution in [1.82, 2.24) is 5.32 Å². The molecule has 1 rings (SSSR count). The zero-order valence-electron chi connectivity index (χ0n) is 9.76. The average Bonchev–Trinajstić information content (AvgIpc) is 2.38. The number of carbonyl (C=O) groups excluding carboxylic acids is 1. The molecule has 4 N–H and O–H groups in total. The van der Waals surface area contributed by atoms with Crippen molar-refractivity contribution in [3.63, 3.8) is 0 Å². The van der Waals surface area contributed by atoms with Gasteiger partial charge in [0.25, 0.3) is 0 Å². The molecular formula is C12H17N3O2. The van der Waals surface area contributed by atoms with Crippen molar-refractivity contribution < 1.29 is 10.0 Å². The normalized spacial score (nSPS) is 13.1. The quantitative estimate of drug-likeness (QED) is 0.308. The number of nitrogens with one attached hydrogen (secondary N) is 1. The molecule has 0 fully saturated rings. The Labute approximate surface area is 100 Å². The van der Waals surface area contributed by atoms with Crippen LogP contribution in [0.25, 0.3) is 0 Å². The van der Waals surface area contributed by atoms with Gasteiger partial charge in [-0.3, -0.25) is 4.79 Å². The van der Waals surface area contributed by atoms with Crippen molar-refractivity contribution >= 4 is 11.7 Å². The molecule has 0 saturated heterocycles. The summed E-state index contributed by atoms with van der Waals surface area (Å²) in [5, 5.41) is 13.9. The summed E-state index contributed by atoms with van der Waals surface area (Å²) < 4.78 is 0. The van der Waals surface area contributed by atoms with E-state index in [0.717, 1.165) is 5.56 Å². The van der Waals surface area contributed by atoms with Crippen molar-refractivity contribution in [3.05, 3.63) is 35.9 Å². The van der Waals surface area contributed by atoms with Crippen LogP contribution in [0.4, 0.5) is 0 Å². The Balaban J connectivity index is 2.43. The number of benzene rings is 1. The number of carbonyl (C=O) groups is 1. The number of nitrogens with zero attached hydrogens (tertiary/aromatic N) is 1. The topological polar surface area (TPSA) is 87.7 Å². The third-order valence-electron chi connectivity index (χ3n) is 2.50. The van der Waals surface area contributed by atoms with Gasteiger partial charge in [0.1, 0.15) is 5.84 Å². The molecule has 0 radical (unpaired) electrons. The summed E-state index contributed by atoms with van der Waals surface area (Å²) in [4.78, 5) is 11.8. The van der Waals surface area contributed by atoms with Crippen molar-refractivity contribution in [2.24, 2.45) is 10.9 Å². The Morgan fingerprint density at radius 1 is 1.47 bits per heavy atom. The third-order valence-corrected chi connectivity index (χ3v) is 2.50. The summed E-state index contributed by atoms with van der Waals surface area (Å²) >= 11 is 0. The van der Waals surface area contributed by atoms with Crippen LogP contribution < -0.4 is 11.1 Å². The zero-order chi connectivity index (χ0) is 12.7. The van der Waals surface area contributed by atoms with Gasteiger partial charge in [0.15, 0.2) is 0 Å². The first-order valence-corrected chi connectivity index (χ1v) is 5.44. The van der Waals surface area contributed by atoms with Crippen LogP contribution in [-0.4, -0.2) is 23.5 Å². The first kappa shape index (κ1) is 13.0. The minimum atomic E-state index is -0.205. The van der Waals surface area contributed by atoms with Crippen LogP contribution in [0.3, 0.4) is 0 Å². The van der Waals surface area contributed by atoms with Gasteiger partial charge in [0.2, 0.25) is 5.91 Å². The van der Waals surface area contributed by atoms with Crippen LogP contribution >= 0.6 is 0 Å². The van der Waals surface area contributed by atoms with Crippen molar-refractivity contribution in [2.45, 2.75) is 19.3 Å². The van der Waals surface area contributed by atoms with Gasteiger partial charge >= 0.3 is 0 Å². The maximum atomic E-state index is 11.8. The Bertz CT molecular complexity index is 390. The number of amidine groups is 1. The fraction of sp³-hybridized carbons (Fsp3) is 0.333. The van der Waals surface area contributed by atoms with Crippen LogP contribution in [0, 0.1) is 0 Å². The molecule has 1 unspecified atom stereocenters. The van der Waals surface area contributed by atoms with Gasteiger partial charge in [0.05, 0.1) is 5.92 Å². The summed E-state index contributed by atoms with van der Waals surface area (Å²) in [6.07, 6.45) is 0.337. The predicted octanol–water partition coefficient (Wildman–Crippen LogP) is 1.04. The van der Waals surface area contributed by atoms with Gasteiger partial charge in [-0.25, -0.2) is 0 Å². The van der Waals surface area contributed by atoms with E-state index in [1.54, 1.807) is 0 Å². The molecule has 1 aromatic rings. The highest BCUT2D eigenvalue weighted by molar-refractivity contribution is 5.84. The Morgan fingerprint density at radius 3 is 2.71 bits per heavy atom. The highest BCUT2D eigenvalue weighted by Crippen LogP contribution is 2.14. The maximum absolute atomic E-state index is 11.8. The fourth-order valence-corrected chi connectivity index (χ4v) is 1.41. The Hall–Kier alpha value is -2.04. The van der Waals surface area contributed by atoms with Gasteiger partial charge in [-0.1, -0.05) is 35.5 Å². The van der Waals surface area contributed by atoms with Crippen LogP contribution in [0.1, 0.15) is 24.8 Å². The second-order valence-electron chi connectivity index (χ2n) is 3.76. The monoisotopic (exact) mass is 235 g/mol. The molecule has 0 bridgehead atoms. The summed E-state index contributed by atoms with van der Waals surface area (Å²) in [6.45, 7) is 2.21. The fourth-order valence-electron chi connectivity index (χ4n) is 1.41. The molecular weight excluding hydrogens is 218 g/mol. The Kier molecular flexibility index (Phi) is 5.00. The Morgan fingerprint density at radius 2 is 2.12 bits per heavy atom. The summed E-state index contributed by atoms with van der Waals surface area (Å²) in [7, 11) is 0. The van der Waals surface area contributed by atoms with Crippen molar-refractivity contribution in [1.29, 1.82) is 0 Å². The van der Waals surface area contributed by atoms with Crippen LogP contribution in [-0.2, 0) is 4.79 Å². The van der Waals surface area contributed by atoms with Crippen LogP contribution in [0.15, 0.2) is 35.5 Å². The lowest BCUT2D eigenvalue weighted by molar-refractivity contribution is -0.122. The SMILES string of the molecule is CC(C(=O)NCC/C(N)=N/O)c1ccccc1. The molecule has 1 aromatic carbocycles. The summed E-state index contributed by atoms with van der Waals surface area (Å²) in [5.74, 6) is -0.164. The third kappa shape index (κ3) is 4.14. The van der Waals surface area contributed by atoms with Gasteiger partial charge in [-0.15, -0.1) is 0 Å². The van der Waals surface area contributed by atoms with E-state index in [2.05, 4.69) is 10.5 Å². The van der Waals surface area contributed by atoms with Gasteiger partial charge in [0, 0.05) is 13.0 Å². The summed E-state index contributed by atoms with van der Waals surface area (Å²) in [5.41, 5.74) is 6.26. The lowest BCUT2D eigenvalue weighted by Crippen LogP contribution is -2.31. The molecule has 92 valence electrons. The zero-order valence-corrected chi connectivity index (χ0v) is 9.76. The predicted molar refractivity (Wildman–Crippen MR) is 65.9 cm³/mol. The molecule has 1 atom stereocenters. The molecule has 1 amide bonds. The molecule has 0 aromatic heterocycles. The molecule has 5 nitrogen and oxygen atoms in total. The molecule has 17 heavy (non-hydrogen) atoms. The van der Waals surface area contributed by atoms with E-state index in [9.17, 15) is 4.79 Å². The number of hydrogen-bond acceptors (Lipinski definition) is 3.